The molecule has 0 bridgehead atoms. The number of amides is 1. The molecule has 2 aromatic carbocycles. The van der Waals surface area contributed by atoms with Crippen molar-refractivity contribution in [2.45, 2.75) is 13.5 Å². The average molecular weight is 454 g/mol. The molecular formula is C23H20ClN3O3S. The van der Waals surface area contributed by atoms with Gasteiger partial charge in [-0.25, -0.2) is 4.98 Å². The molecular weight excluding hydrogens is 434 g/mol. The smallest absolute Gasteiger partial charge is 0.260 e. The van der Waals surface area contributed by atoms with Crippen LogP contribution in [0.5, 0.6) is 11.5 Å². The minimum absolute atomic E-state index is 0.231. The molecule has 0 atom stereocenters. The van der Waals surface area contributed by atoms with Crippen LogP contribution in [0.25, 0.3) is 10.2 Å². The van der Waals surface area contributed by atoms with E-state index in [1.807, 2.05) is 37.3 Å². The van der Waals surface area contributed by atoms with Crippen molar-refractivity contribution in [3.63, 3.8) is 0 Å². The summed E-state index contributed by atoms with van der Waals surface area (Å²) >= 11 is 7.64. The standard InChI is InChI=1S/C23H20ClN3O3S/c1-14-8-16(24)11-20-21(14)26-23(31-20)27(13-17-6-4-5-7-25-17)22(28)15-9-18(29-2)12-19(10-15)30-3/h4-12H,13H2,1-3H3. The van der Waals surface area contributed by atoms with E-state index in [4.69, 9.17) is 26.1 Å². The van der Waals surface area contributed by atoms with Crippen molar-refractivity contribution in [3.8, 4) is 11.5 Å². The maximum atomic E-state index is 13.6. The molecule has 2 aromatic heterocycles. The summed E-state index contributed by atoms with van der Waals surface area (Å²) in [5.41, 5.74) is 2.96. The normalized spacial score (nSPS) is 10.8. The number of aryl methyl sites for hydroxylation is 1. The minimum Gasteiger partial charge on any atom is -0.497 e. The Kier molecular flexibility index (Phi) is 6.06. The summed E-state index contributed by atoms with van der Waals surface area (Å²) < 4.78 is 11.6. The van der Waals surface area contributed by atoms with Gasteiger partial charge in [-0.1, -0.05) is 29.0 Å². The lowest BCUT2D eigenvalue weighted by Crippen LogP contribution is -2.30. The largest absolute Gasteiger partial charge is 0.497 e. The van der Waals surface area contributed by atoms with Gasteiger partial charge in [0.05, 0.1) is 36.7 Å². The number of ether oxygens (including phenoxy) is 2. The number of benzene rings is 2. The summed E-state index contributed by atoms with van der Waals surface area (Å²) in [6.45, 7) is 2.22. The SMILES string of the molecule is COc1cc(OC)cc(C(=O)N(Cc2ccccn2)c2nc3c(C)cc(Cl)cc3s2)c1. The Morgan fingerprint density at radius 1 is 1.10 bits per heavy atom. The van der Waals surface area contributed by atoms with Crippen molar-refractivity contribution >= 4 is 44.2 Å². The lowest BCUT2D eigenvalue weighted by atomic mass is 10.1. The van der Waals surface area contributed by atoms with Gasteiger partial charge in [-0.05, 0) is 48.9 Å². The van der Waals surface area contributed by atoms with Crippen LogP contribution in [0.3, 0.4) is 0 Å². The van der Waals surface area contributed by atoms with Crippen LogP contribution in [0.1, 0.15) is 21.6 Å². The Hall–Kier alpha value is -3.16. The molecule has 0 spiro atoms. The second-order valence-electron chi connectivity index (χ2n) is 6.88. The number of halogens is 1. The summed E-state index contributed by atoms with van der Waals surface area (Å²) in [5.74, 6) is 0.838. The van der Waals surface area contributed by atoms with Gasteiger partial charge in [-0.15, -0.1) is 0 Å². The van der Waals surface area contributed by atoms with Crippen LogP contribution in [-0.4, -0.2) is 30.1 Å². The van der Waals surface area contributed by atoms with E-state index in [2.05, 4.69) is 4.98 Å². The molecule has 0 radical (unpaired) electrons. The second kappa shape index (κ2) is 8.91. The van der Waals surface area contributed by atoms with Gasteiger partial charge in [0.15, 0.2) is 5.13 Å². The maximum Gasteiger partial charge on any atom is 0.260 e. The predicted molar refractivity (Wildman–Crippen MR) is 124 cm³/mol. The van der Waals surface area contributed by atoms with Crippen LogP contribution in [0, 0.1) is 6.92 Å². The number of anilines is 1. The molecule has 0 aliphatic heterocycles. The van der Waals surface area contributed by atoms with Crippen molar-refractivity contribution in [2.24, 2.45) is 0 Å². The van der Waals surface area contributed by atoms with E-state index < -0.39 is 0 Å². The number of nitrogens with zero attached hydrogens (tertiary/aromatic N) is 3. The topological polar surface area (TPSA) is 64.6 Å². The molecule has 0 saturated heterocycles. The van der Waals surface area contributed by atoms with E-state index in [1.165, 1.54) is 11.3 Å². The molecule has 0 unspecified atom stereocenters. The molecule has 0 N–H and O–H groups in total. The van der Waals surface area contributed by atoms with Gasteiger partial charge in [0.1, 0.15) is 11.5 Å². The molecule has 0 aliphatic rings. The molecule has 31 heavy (non-hydrogen) atoms. The quantitative estimate of drug-likeness (QED) is 0.384. The number of rotatable bonds is 6. The van der Waals surface area contributed by atoms with E-state index in [9.17, 15) is 4.79 Å². The lowest BCUT2D eigenvalue weighted by molar-refractivity contribution is 0.0984. The van der Waals surface area contributed by atoms with E-state index >= 15 is 0 Å². The van der Waals surface area contributed by atoms with Crippen LogP contribution < -0.4 is 14.4 Å². The Balaban J connectivity index is 1.82. The van der Waals surface area contributed by atoms with Crippen molar-refractivity contribution in [1.29, 1.82) is 0 Å². The van der Waals surface area contributed by atoms with Crippen molar-refractivity contribution < 1.29 is 14.3 Å². The highest BCUT2D eigenvalue weighted by Gasteiger charge is 2.24. The number of carbonyl (C=O) groups excluding carboxylic acids is 1. The Morgan fingerprint density at radius 2 is 1.84 bits per heavy atom. The number of fused-ring (bicyclic) bond motifs is 1. The number of methoxy groups -OCH3 is 2. The fourth-order valence-corrected chi connectivity index (χ4v) is 4.64. The Morgan fingerprint density at radius 3 is 2.48 bits per heavy atom. The summed E-state index contributed by atoms with van der Waals surface area (Å²) in [6, 6.07) is 14.4. The third-order valence-corrected chi connectivity index (χ3v) is 6.00. The highest BCUT2D eigenvalue weighted by molar-refractivity contribution is 7.22. The monoisotopic (exact) mass is 453 g/mol. The van der Waals surface area contributed by atoms with Gasteiger partial charge in [0, 0.05) is 22.8 Å². The zero-order valence-corrected chi connectivity index (χ0v) is 18.8. The highest BCUT2D eigenvalue weighted by atomic mass is 35.5. The molecule has 4 rings (SSSR count). The molecule has 6 nitrogen and oxygen atoms in total. The van der Waals surface area contributed by atoms with Crippen LogP contribution >= 0.6 is 22.9 Å². The number of aromatic nitrogens is 2. The molecule has 2 heterocycles. The van der Waals surface area contributed by atoms with Gasteiger partial charge in [0.2, 0.25) is 0 Å². The average Bonchev–Trinajstić information content (AvgIpc) is 3.21. The zero-order chi connectivity index (χ0) is 22.0. The number of hydrogen-bond donors (Lipinski definition) is 0. The molecule has 8 heteroatoms. The van der Waals surface area contributed by atoms with Crippen LogP contribution in [0.15, 0.2) is 54.7 Å². The van der Waals surface area contributed by atoms with Gasteiger partial charge in [-0.3, -0.25) is 14.7 Å². The van der Waals surface area contributed by atoms with Crippen molar-refractivity contribution in [3.05, 3.63) is 76.6 Å². The molecule has 158 valence electrons. The lowest BCUT2D eigenvalue weighted by Gasteiger charge is -2.20. The van der Waals surface area contributed by atoms with E-state index in [1.54, 1.807) is 43.5 Å². The van der Waals surface area contributed by atoms with E-state index in [0.29, 0.717) is 27.2 Å². The van der Waals surface area contributed by atoms with Gasteiger partial charge < -0.3 is 9.47 Å². The minimum atomic E-state index is -0.231. The van der Waals surface area contributed by atoms with Crippen LogP contribution in [0.2, 0.25) is 5.02 Å². The first-order valence-electron chi connectivity index (χ1n) is 9.50. The molecule has 1 amide bonds. The summed E-state index contributed by atoms with van der Waals surface area (Å²) in [5, 5.41) is 1.21. The summed E-state index contributed by atoms with van der Waals surface area (Å²) in [6.07, 6.45) is 1.70. The molecule has 0 fully saturated rings. The summed E-state index contributed by atoms with van der Waals surface area (Å²) in [4.78, 5) is 24.4. The predicted octanol–water partition coefficient (Wildman–Crippen LogP) is 5.52. The first-order valence-corrected chi connectivity index (χ1v) is 10.7. The Bertz CT molecular complexity index is 1220. The number of carbonyl (C=O) groups is 1. The van der Waals surface area contributed by atoms with Crippen LogP contribution in [0.4, 0.5) is 5.13 Å². The number of thiazole rings is 1. The number of hydrogen-bond acceptors (Lipinski definition) is 6. The zero-order valence-electron chi connectivity index (χ0n) is 17.3. The maximum absolute atomic E-state index is 13.6. The first kappa shape index (κ1) is 21.1. The van der Waals surface area contributed by atoms with E-state index in [0.717, 1.165) is 21.5 Å². The fourth-order valence-electron chi connectivity index (χ4n) is 3.22. The van der Waals surface area contributed by atoms with Crippen molar-refractivity contribution in [2.75, 3.05) is 19.1 Å². The van der Waals surface area contributed by atoms with Gasteiger partial charge in [-0.2, -0.15) is 0 Å². The molecule has 4 aromatic rings. The fraction of sp³-hybridized carbons (Fsp3) is 0.174. The van der Waals surface area contributed by atoms with Gasteiger partial charge >= 0.3 is 0 Å². The number of pyridine rings is 1. The van der Waals surface area contributed by atoms with Crippen molar-refractivity contribution in [1.82, 2.24) is 9.97 Å². The Labute approximate surface area is 189 Å². The highest BCUT2D eigenvalue weighted by Crippen LogP contribution is 2.35. The molecule has 0 aliphatic carbocycles. The van der Waals surface area contributed by atoms with Gasteiger partial charge in [0.25, 0.3) is 5.91 Å². The second-order valence-corrected chi connectivity index (χ2v) is 8.33. The third kappa shape index (κ3) is 4.47. The van der Waals surface area contributed by atoms with Crippen LogP contribution in [-0.2, 0) is 6.54 Å². The first-order chi connectivity index (χ1) is 15.0. The summed E-state index contributed by atoms with van der Waals surface area (Å²) in [7, 11) is 3.10. The third-order valence-electron chi connectivity index (χ3n) is 4.76. The van der Waals surface area contributed by atoms with E-state index in [-0.39, 0.29) is 12.5 Å². The molecule has 0 saturated carbocycles.